The highest BCUT2D eigenvalue weighted by molar-refractivity contribution is 6.31. The Kier molecular flexibility index (Phi) is 9.83. The molecular formula is C27H27Cl3O5. The van der Waals surface area contributed by atoms with Gasteiger partial charge in [0.25, 0.3) is 0 Å². The van der Waals surface area contributed by atoms with E-state index in [1.165, 1.54) is 0 Å². The summed E-state index contributed by atoms with van der Waals surface area (Å²) in [6, 6.07) is 22.6. The highest BCUT2D eigenvalue weighted by Gasteiger charge is 2.46. The predicted octanol–water partition coefficient (Wildman–Crippen LogP) is 6.71. The molecule has 4 rings (SSSR count). The molecule has 3 aromatic rings. The van der Waals surface area contributed by atoms with Crippen molar-refractivity contribution in [1.82, 2.24) is 0 Å². The minimum absolute atomic E-state index is 0.314. The molecule has 35 heavy (non-hydrogen) atoms. The van der Waals surface area contributed by atoms with Crippen LogP contribution in [0.1, 0.15) is 16.7 Å². The summed E-state index contributed by atoms with van der Waals surface area (Å²) in [5.41, 5.74) is 3.00. The van der Waals surface area contributed by atoms with E-state index in [0.717, 1.165) is 16.7 Å². The number of halogens is 3. The molecule has 1 saturated heterocycles. The molecule has 0 aromatic heterocycles. The van der Waals surface area contributed by atoms with E-state index in [-0.39, 0.29) is 6.10 Å². The first-order valence-corrected chi connectivity index (χ1v) is 12.4. The predicted molar refractivity (Wildman–Crippen MR) is 137 cm³/mol. The summed E-state index contributed by atoms with van der Waals surface area (Å²) in [7, 11) is 1.59. The van der Waals surface area contributed by atoms with Crippen molar-refractivity contribution >= 4 is 34.8 Å². The summed E-state index contributed by atoms with van der Waals surface area (Å²) in [5.74, 6) is 0. The van der Waals surface area contributed by atoms with Crippen LogP contribution in [0.15, 0.2) is 72.8 Å². The normalized spacial score (nSPS) is 21.9. The minimum atomic E-state index is -0.596. The summed E-state index contributed by atoms with van der Waals surface area (Å²) in [6.07, 6.45) is -1.84. The molecule has 0 radical (unpaired) electrons. The summed E-state index contributed by atoms with van der Waals surface area (Å²) >= 11 is 18.0. The minimum Gasteiger partial charge on any atom is -0.374 e. The molecule has 0 N–H and O–H groups in total. The maximum atomic E-state index is 6.32. The average molecular weight is 538 g/mol. The number of ether oxygens (including phenoxy) is 5. The maximum Gasteiger partial charge on any atom is 0.186 e. The van der Waals surface area contributed by atoms with Gasteiger partial charge in [-0.25, -0.2) is 0 Å². The first kappa shape index (κ1) is 26.4. The molecule has 8 heteroatoms. The van der Waals surface area contributed by atoms with Crippen molar-refractivity contribution in [2.45, 2.75) is 44.4 Å². The van der Waals surface area contributed by atoms with Gasteiger partial charge in [0.15, 0.2) is 6.29 Å². The Bertz CT molecular complexity index is 1040. The molecule has 0 unspecified atom stereocenters. The molecule has 0 saturated carbocycles. The van der Waals surface area contributed by atoms with Gasteiger partial charge in [-0.05, 0) is 53.1 Å². The van der Waals surface area contributed by atoms with Crippen molar-refractivity contribution in [1.29, 1.82) is 0 Å². The maximum absolute atomic E-state index is 6.32. The van der Waals surface area contributed by atoms with Gasteiger partial charge < -0.3 is 23.7 Å². The Balaban J connectivity index is 1.43. The molecule has 186 valence electrons. The van der Waals surface area contributed by atoms with Crippen LogP contribution < -0.4 is 0 Å². The second kappa shape index (κ2) is 13.0. The van der Waals surface area contributed by atoms with E-state index in [4.69, 9.17) is 58.5 Å². The fourth-order valence-electron chi connectivity index (χ4n) is 3.81. The lowest BCUT2D eigenvalue weighted by molar-refractivity contribution is -0.170. The zero-order chi connectivity index (χ0) is 24.6. The third-order valence-electron chi connectivity index (χ3n) is 5.68. The fraction of sp³-hybridized carbons (Fsp3) is 0.333. The van der Waals surface area contributed by atoms with E-state index in [1.54, 1.807) is 7.11 Å². The highest BCUT2D eigenvalue weighted by atomic mass is 35.5. The lowest BCUT2D eigenvalue weighted by Crippen LogP contribution is -2.39. The Hall–Kier alpha value is -1.67. The molecule has 1 fully saturated rings. The number of hydrogen-bond donors (Lipinski definition) is 0. The van der Waals surface area contributed by atoms with Gasteiger partial charge in [0.05, 0.1) is 26.4 Å². The van der Waals surface area contributed by atoms with Crippen LogP contribution in [0.3, 0.4) is 0 Å². The second-order valence-electron chi connectivity index (χ2n) is 8.22. The molecular weight excluding hydrogens is 511 g/mol. The lowest BCUT2D eigenvalue weighted by Gasteiger charge is -2.24. The number of methoxy groups -OCH3 is 1. The van der Waals surface area contributed by atoms with Crippen LogP contribution in [0.4, 0.5) is 0 Å². The van der Waals surface area contributed by atoms with Crippen molar-refractivity contribution < 1.29 is 23.7 Å². The van der Waals surface area contributed by atoms with Crippen LogP contribution in [0, 0.1) is 0 Å². The SMILES string of the molecule is CO[C@@H]1O[C@H](COCc2ccc(Cl)cc2)[C@@H](OCc2ccc(Cl)cc2)[C@H]1OCc1ccc(Cl)cc1. The largest absolute Gasteiger partial charge is 0.374 e. The van der Waals surface area contributed by atoms with Gasteiger partial charge in [-0.2, -0.15) is 0 Å². The summed E-state index contributed by atoms with van der Waals surface area (Å²) in [4.78, 5) is 0. The average Bonchev–Trinajstić information content (AvgIpc) is 3.21. The monoisotopic (exact) mass is 536 g/mol. The number of hydrogen-bond acceptors (Lipinski definition) is 5. The molecule has 4 atom stereocenters. The third-order valence-corrected chi connectivity index (χ3v) is 6.43. The van der Waals surface area contributed by atoms with Gasteiger partial charge in [-0.1, -0.05) is 71.2 Å². The Morgan fingerprint density at radius 1 is 0.629 bits per heavy atom. The zero-order valence-electron chi connectivity index (χ0n) is 19.2. The first-order valence-electron chi connectivity index (χ1n) is 11.2. The molecule has 0 aliphatic carbocycles. The van der Waals surface area contributed by atoms with Crippen molar-refractivity contribution in [3.63, 3.8) is 0 Å². The van der Waals surface area contributed by atoms with E-state index < -0.39 is 18.5 Å². The van der Waals surface area contributed by atoms with Crippen LogP contribution in [0.5, 0.6) is 0 Å². The van der Waals surface area contributed by atoms with Gasteiger partial charge in [-0.15, -0.1) is 0 Å². The van der Waals surface area contributed by atoms with Gasteiger partial charge in [0, 0.05) is 22.2 Å². The van der Waals surface area contributed by atoms with Crippen LogP contribution in [-0.2, 0) is 43.5 Å². The molecule has 1 aliphatic heterocycles. The summed E-state index contributed by atoms with van der Waals surface area (Å²) in [6.45, 7) is 1.48. The van der Waals surface area contributed by atoms with Crippen LogP contribution in [0.25, 0.3) is 0 Å². The van der Waals surface area contributed by atoms with E-state index in [0.29, 0.717) is 41.5 Å². The van der Waals surface area contributed by atoms with Crippen LogP contribution in [-0.4, -0.2) is 38.3 Å². The van der Waals surface area contributed by atoms with Crippen molar-refractivity contribution in [2.24, 2.45) is 0 Å². The Labute approximate surface area is 220 Å². The molecule has 0 amide bonds. The van der Waals surface area contributed by atoms with E-state index in [1.807, 2.05) is 72.8 Å². The van der Waals surface area contributed by atoms with E-state index >= 15 is 0 Å². The van der Waals surface area contributed by atoms with Gasteiger partial charge in [-0.3, -0.25) is 0 Å². The lowest BCUT2D eigenvalue weighted by atomic mass is 10.1. The van der Waals surface area contributed by atoms with Gasteiger partial charge in [0.2, 0.25) is 0 Å². The van der Waals surface area contributed by atoms with Gasteiger partial charge in [0.1, 0.15) is 18.3 Å². The molecule has 1 aliphatic rings. The zero-order valence-corrected chi connectivity index (χ0v) is 21.5. The highest BCUT2D eigenvalue weighted by Crippen LogP contribution is 2.30. The molecule has 3 aromatic carbocycles. The Morgan fingerprint density at radius 2 is 1.06 bits per heavy atom. The van der Waals surface area contributed by atoms with Crippen molar-refractivity contribution in [2.75, 3.05) is 13.7 Å². The van der Waals surface area contributed by atoms with Crippen molar-refractivity contribution in [3.8, 4) is 0 Å². The second-order valence-corrected chi connectivity index (χ2v) is 9.53. The Morgan fingerprint density at radius 3 is 1.51 bits per heavy atom. The van der Waals surface area contributed by atoms with Crippen LogP contribution >= 0.6 is 34.8 Å². The standard InChI is InChI=1S/C27H27Cl3O5/c1-31-27-26(34-16-20-6-12-23(30)13-7-20)25(33-15-19-4-10-22(29)11-5-19)24(35-27)17-32-14-18-2-8-21(28)9-3-18/h2-13,24-27H,14-17H2,1H3/t24-,25-,26-,27-/m1/s1. The third kappa shape index (κ3) is 7.66. The molecule has 1 heterocycles. The number of rotatable bonds is 11. The fourth-order valence-corrected chi connectivity index (χ4v) is 4.19. The summed E-state index contributed by atoms with van der Waals surface area (Å²) in [5, 5.41) is 2.04. The van der Waals surface area contributed by atoms with Gasteiger partial charge >= 0.3 is 0 Å². The molecule has 5 nitrogen and oxygen atoms in total. The van der Waals surface area contributed by atoms with E-state index in [2.05, 4.69) is 0 Å². The quantitative estimate of drug-likeness (QED) is 0.272. The first-order chi connectivity index (χ1) is 17.0. The van der Waals surface area contributed by atoms with E-state index in [9.17, 15) is 0 Å². The number of benzene rings is 3. The smallest absolute Gasteiger partial charge is 0.186 e. The summed E-state index contributed by atoms with van der Waals surface area (Å²) < 4.78 is 30.3. The topological polar surface area (TPSA) is 46.2 Å². The van der Waals surface area contributed by atoms with Crippen LogP contribution in [0.2, 0.25) is 15.1 Å². The molecule has 0 bridgehead atoms. The van der Waals surface area contributed by atoms with Crippen molar-refractivity contribution in [3.05, 3.63) is 105 Å². The molecule has 0 spiro atoms.